The molecule has 7 unspecified atom stereocenters. The second-order valence-corrected chi connectivity index (χ2v) is 29.2. The van der Waals surface area contributed by atoms with Crippen molar-refractivity contribution in [3.8, 4) is 0 Å². The highest BCUT2D eigenvalue weighted by Gasteiger charge is 2.48. The van der Waals surface area contributed by atoms with Crippen LogP contribution in [0.1, 0.15) is 202 Å². The zero-order chi connectivity index (χ0) is 82.5. The lowest BCUT2D eigenvalue weighted by molar-refractivity contribution is -0.270. The first-order valence-corrected chi connectivity index (χ1v) is 40.4. The molecule has 3 aliphatic heterocycles. The predicted octanol–water partition coefficient (Wildman–Crippen LogP) is -2.51. The highest BCUT2D eigenvalue weighted by Crippen LogP contribution is 2.28. The molecule has 3 heterocycles. The Morgan fingerprint density at radius 3 is 0.920 bits per heavy atom. The van der Waals surface area contributed by atoms with E-state index in [0.717, 1.165) is 32.1 Å². The largest absolute Gasteiger partial charge is 0.394 e. The van der Waals surface area contributed by atoms with Crippen molar-refractivity contribution >= 4 is 53.2 Å². The number of hydrogen-bond donors (Lipinski definition) is 19. The number of aliphatic hydroxyl groups excluding tert-OH is 9. The van der Waals surface area contributed by atoms with Crippen LogP contribution in [0.15, 0.2) is 0 Å². The molecule has 0 aliphatic carbocycles. The van der Waals surface area contributed by atoms with Crippen LogP contribution in [0.2, 0.25) is 0 Å². The molecule has 3 rings (SSSR count). The maximum atomic E-state index is 12.8. The molecule has 650 valence electrons. The molecule has 37 heteroatoms. The minimum Gasteiger partial charge on any atom is -0.394 e. The van der Waals surface area contributed by atoms with Gasteiger partial charge in [0.15, 0.2) is 18.9 Å². The molecule has 3 saturated heterocycles. The maximum absolute atomic E-state index is 12.8. The Morgan fingerprint density at radius 1 is 0.321 bits per heavy atom. The van der Waals surface area contributed by atoms with Gasteiger partial charge in [0, 0.05) is 163 Å². The van der Waals surface area contributed by atoms with E-state index in [4.69, 9.17) is 42.6 Å². The zero-order valence-corrected chi connectivity index (χ0v) is 66.7. The monoisotopic (exact) mass is 1610 g/mol. The third kappa shape index (κ3) is 43.4. The molecule has 3 aliphatic rings. The van der Waals surface area contributed by atoms with Crippen LogP contribution in [-0.4, -0.2) is 321 Å². The molecule has 0 bridgehead atoms. The van der Waals surface area contributed by atoms with Crippen molar-refractivity contribution < 1.29 is 132 Å². The molecule has 112 heavy (non-hydrogen) atoms. The topological polar surface area (TPSA) is 539 Å². The van der Waals surface area contributed by atoms with Gasteiger partial charge in [-0.1, -0.05) is 13.8 Å². The molecule has 16 atom stereocenters. The predicted molar refractivity (Wildman–Crippen MR) is 406 cm³/mol. The van der Waals surface area contributed by atoms with Crippen LogP contribution in [0, 0.1) is 0 Å². The number of aliphatic hydroxyl groups is 9. The molecule has 0 aromatic rings. The van der Waals surface area contributed by atoms with Crippen molar-refractivity contribution in [2.24, 2.45) is 0 Å². The Bertz CT molecular complexity index is 2630. The molecular weight excluding hydrogens is 1470 g/mol. The number of nitrogens with one attached hydrogen (secondary N) is 10. The molecule has 0 spiro atoms. The Balaban J connectivity index is 1.33. The van der Waals surface area contributed by atoms with Gasteiger partial charge in [-0.05, 0) is 128 Å². The average molecular weight is 1610 g/mol. The molecule has 0 aromatic carbocycles. The van der Waals surface area contributed by atoms with Gasteiger partial charge in [0.1, 0.15) is 73.1 Å². The molecule has 19 N–H and O–H groups in total. The number of hydrogen-bond acceptors (Lipinski definition) is 28. The number of rotatable bonds is 64. The third-order valence-electron chi connectivity index (χ3n) is 19.1. The van der Waals surface area contributed by atoms with Crippen molar-refractivity contribution in [2.45, 2.75) is 305 Å². The second-order valence-electron chi connectivity index (χ2n) is 29.2. The van der Waals surface area contributed by atoms with Crippen LogP contribution in [0.25, 0.3) is 0 Å². The third-order valence-corrected chi connectivity index (χ3v) is 19.1. The van der Waals surface area contributed by atoms with E-state index < -0.39 is 135 Å². The van der Waals surface area contributed by atoms with E-state index in [1.54, 1.807) is 0 Å². The van der Waals surface area contributed by atoms with Crippen LogP contribution in [0.4, 0.5) is 0 Å². The summed E-state index contributed by atoms with van der Waals surface area (Å²) >= 11 is 0. The fourth-order valence-electron chi connectivity index (χ4n) is 13.0. The van der Waals surface area contributed by atoms with Crippen LogP contribution in [0.3, 0.4) is 0 Å². The first kappa shape index (κ1) is 101. The summed E-state index contributed by atoms with van der Waals surface area (Å²) in [4.78, 5) is 111. The summed E-state index contributed by atoms with van der Waals surface area (Å²) in [5.41, 5.74) is -0.411. The highest BCUT2D eigenvalue weighted by atomic mass is 16.7. The van der Waals surface area contributed by atoms with Gasteiger partial charge < -0.3 is 142 Å². The van der Waals surface area contributed by atoms with Gasteiger partial charge >= 0.3 is 0 Å². The minimum atomic E-state index is -1.42. The zero-order valence-electron chi connectivity index (χ0n) is 66.7. The van der Waals surface area contributed by atoms with E-state index in [-0.39, 0.29) is 100 Å². The van der Waals surface area contributed by atoms with Crippen molar-refractivity contribution in [1.29, 1.82) is 0 Å². The number of carbonyl (C=O) groups excluding carboxylic acids is 9. The standard InChI is InChI=1S/C75H138N10O27/c1-50(2)85-75(30-45-105-39-21-27-61(96)80-37-16-15-36-79-60(95)26-10-20-43-109-74-65(84-53(5)91)71(103)68(100)56(49-88)112-74,31-46-106-44-28-62(97)81-33-12-6-11-32-76-58(93)24-8-18-41-107-72-63(82-51(3)89)69(101)66(98)54(47-86)110-72)29-22-40-104-38-17-7-23-57(92)77-34-13-14-35-78-59(94)25-9-19-42-108-73-64(83-52(4)90)70(102)67(99)55(48-87)111-73/h50,54-56,63-74,85-88,98-103H,6-49H2,1-5H3,(H,76,93)(H,77,92)(H,78,94)(H,79,95)(H,80,96)(H,81,97)(H,82,89)(H,83,90)(H,84,91)/t54?,55?,56?,63?,64?,65?,66-,67-,68-,69+,70+,71+,72+,73+,74+,75?/m0/s1. The van der Waals surface area contributed by atoms with Gasteiger partial charge in [-0.15, -0.1) is 0 Å². The maximum Gasteiger partial charge on any atom is 0.222 e. The van der Waals surface area contributed by atoms with E-state index in [1.807, 2.05) is 0 Å². The lowest BCUT2D eigenvalue weighted by Gasteiger charge is -2.42. The normalized spacial score (nSPS) is 24.3. The average Bonchev–Trinajstić information content (AvgIpc) is 0.814. The van der Waals surface area contributed by atoms with Gasteiger partial charge in [-0.25, -0.2) is 0 Å². The summed E-state index contributed by atoms with van der Waals surface area (Å²) < 4.78 is 52.1. The van der Waals surface area contributed by atoms with Crippen molar-refractivity contribution in [3.05, 3.63) is 0 Å². The molecule has 0 saturated carbocycles. The number of ether oxygens (including phenoxy) is 9. The van der Waals surface area contributed by atoms with Crippen molar-refractivity contribution in [1.82, 2.24) is 53.2 Å². The van der Waals surface area contributed by atoms with Gasteiger partial charge in [0.05, 0.1) is 26.4 Å². The molecule has 3 fully saturated rings. The van der Waals surface area contributed by atoms with Crippen LogP contribution in [-0.2, 0) is 85.8 Å². The Kier molecular flexibility index (Phi) is 54.0. The van der Waals surface area contributed by atoms with Crippen LogP contribution in [0.5, 0.6) is 0 Å². The number of unbranched alkanes of at least 4 members (excludes halogenated alkanes) is 8. The Labute approximate surface area is 659 Å². The summed E-state index contributed by atoms with van der Waals surface area (Å²) in [6.45, 7) is 11.8. The van der Waals surface area contributed by atoms with Crippen LogP contribution >= 0.6 is 0 Å². The van der Waals surface area contributed by atoms with E-state index in [2.05, 4.69) is 67.0 Å². The lowest BCUT2D eigenvalue weighted by Crippen LogP contribution is -2.64. The number of amides is 9. The summed E-state index contributed by atoms with van der Waals surface area (Å²) in [7, 11) is 0. The summed E-state index contributed by atoms with van der Waals surface area (Å²) in [5, 5.41) is 119. The van der Waals surface area contributed by atoms with Gasteiger partial charge in [-0.3, -0.25) is 43.2 Å². The highest BCUT2D eigenvalue weighted by molar-refractivity contribution is 5.78. The fourth-order valence-corrected chi connectivity index (χ4v) is 13.0. The van der Waals surface area contributed by atoms with Crippen molar-refractivity contribution in [2.75, 3.05) is 119 Å². The van der Waals surface area contributed by atoms with Crippen LogP contribution < -0.4 is 53.2 Å². The second kappa shape index (κ2) is 60.0. The van der Waals surface area contributed by atoms with E-state index in [0.29, 0.717) is 175 Å². The van der Waals surface area contributed by atoms with Gasteiger partial charge in [0.2, 0.25) is 53.2 Å². The first-order valence-electron chi connectivity index (χ1n) is 40.4. The number of carbonyl (C=O) groups is 9. The molecule has 37 nitrogen and oxygen atoms in total. The molecular formula is C75H138N10O27. The van der Waals surface area contributed by atoms with E-state index in [1.165, 1.54) is 20.8 Å². The summed E-state index contributed by atoms with van der Waals surface area (Å²) in [6.07, 6.45) is -1.12. The molecule has 0 aromatic heterocycles. The molecule has 9 amide bonds. The quantitative estimate of drug-likeness (QED) is 0.0280. The summed E-state index contributed by atoms with van der Waals surface area (Å²) in [6, 6.07) is -3.02. The fraction of sp³-hybridized carbons (Fsp3) is 0.880. The molecule has 0 radical (unpaired) electrons. The Morgan fingerprint density at radius 2 is 0.598 bits per heavy atom. The Hall–Kier alpha value is -5.53. The van der Waals surface area contributed by atoms with Gasteiger partial charge in [-0.2, -0.15) is 0 Å². The minimum absolute atomic E-state index is 0.0619. The van der Waals surface area contributed by atoms with Gasteiger partial charge in [0.25, 0.3) is 0 Å². The summed E-state index contributed by atoms with van der Waals surface area (Å²) in [5.74, 6) is -2.06. The SMILES string of the molecule is CC(=O)NC1[C@H](OCCCCC(=O)NCCCCCNC(=O)CCOCCC(CCCOCCCCC(=O)NCCCCNC(=O)CCCCO[C@@H]2OC(CO)[C@H](O)[C@H](O)C2NC(C)=O)(CCOCCCC(=O)NCCCCNC(=O)CCCCO[C@@H]2OC(CO)[C@H](O)[C@H](O)C2NC(C)=O)NC(C)C)OC(CO)[C@H](O)[C@@H]1O. The van der Waals surface area contributed by atoms with E-state index in [9.17, 15) is 89.1 Å². The first-order chi connectivity index (χ1) is 53.7. The smallest absolute Gasteiger partial charge is 0.222 e. The van der Waals surface area contributed by atoms with Crippen molar-refractivity contribution in [3.63, 3.8) is 0 Å². The van der Waals surface area contributed by atoms with E-state index >= 15 is 0 Å². The lowest BCUT2D eigenvalue weighted by atomic mass is 9.86.